The molecule has 1 aromatic rings. The average molecular weight is 438 g/mol. The van der Waals surface area contributed by atoms with Gasteiger partial charge in [0.05, 0.1) is 16.5 Å². The molecule has 0 spiro atoms. The number of halogens is 1. The number of hydrogen-bond acceptors (Lipinski definition) is 5. The summed E-state index contributed by atoms with van der Waals surface area (Å²) >= 11 is 4.38. The molecule has 1 aromatic carbocycles. The van der Waals surface area contributed by atoms with Crippen LogP contribution in [0.15, 0.2) is 21.5 Å². The fourth-order valence-corrected chi connectivity index (χ4v) is 3.88. The molecule has 26 heavy (non-hydrogen) atoms. The van der Waals surface area contributed by atoms with Crippen LogP contribution in [0.1, 0.15) is 31.7 Å². The minimum absolute atomic E-state index is 0.116. The Bertz CT molecular complexity index is 770. The predicted octanol–water partition coefficient (Wildman–Crippen LogP) is 4.70. The zero-order valence-corrected chi connectivity index (χ0v) is 17.1. The van der Waals surface area contributed by atoms with Crippen LogP contribution in [-0.4, -0.2) is 36.3 Å². The smallest absolute Gasteiger partial charge is 0.293 e. The van der Waals surface area contributed by atoms with E-state index in [0.717, 1.165) is 36.6 Å². The molecule has 1 heterocycles. The normalized spacial score (nSPS) is 15.5. The number of amides is 2. The molecule has 7 heteroatoms. The van der Waals surface area contributed by atoms with Gasteiger partial charge in [0.1, 0.15) is 6.61 Å². The minimum Gasteiger partial charge on any atom is -0.493 e. The van der Waals surface area contributed by atoms with Gasteiger partial charge < -0.3 is 9.47 Å². The summed E-state index contributed by atoms with van der Waals surface area (Å²) in [6, 6.07) is 3.53. The number of methoxy groups -OCH3 is 1. The maximum atomic E-state index is 12.5. The van der Waals surface area contributed by atoms with Crippen molar-refractivity contribution in [1.29, 1.82) is 0 Å². The summed E-state index contributed by atoms with van der Waals surface area (Å²) in [6.45, 7) is 2.66. The minimum atomic E-state index is -0.251. The SMILES string of the molecule is C#CCOc1c(Br)cc(/C=C2\SC(=O)N(CCCCC)C2=O)cc1OC. The van der Waals surface area contributed by atoms with Gasteiger partial charge >= 0.3 is 0 Å². The molecule has 2 rings (SSSR count). The number of terminal acetylenes is 1. The first-order chi connectivity index (χ1) is 12.5. The van der Waals surface area contributed by atoms with Crippen LogP contribution in [-0.2, 0) is 4.79 Å². The van der Waals surface area contributed by atoms with E-state index in [4.69, 9.17) is 15.9 Å². The molecule has 2 amide bonds. The van der Waals surface area contributed by atoms with E-state index in [9.17, 15) is 9.59 Å². The van der Waals surface area contributed by atoms with Gasteiger partial charge in [0.2, 0.25) is 0 Å². The van der Waals surface area contributed by atoms with Crippen molar-refractivity contribution in [2.75, 3.05) is 20.3 Å². The lowest BCUT2D eigenvalue weighted by Crippen LogP contribution is -2.29. The number of nitrogens with zero attached hydrogens (tertiary/aromatic N) is 1. The number of benzene rings is 1. The van der Waals surface area contributed by atoms with E-state index in [-0.39, 0.29) is 17.8 Å². The molecule has 1 aliphatic rings. The molecule has 1 fully saturated rings. The fraction of sp³-hybridized carbons (Fsp3) is 0.368. The monoisotopic (exact) mass is 437 g/mol. The lowest BCUT2D eigenvalue weighted by molar-refractivity contribution is -0.122. The van der Waals surface area contributed by atoms with Gasteiger partial charge in [-0.15, -0.1) is 6.42 Å². The van der Waals surface area contributed by atoms with Crippen molar-refractivity contribution in [2.24, 2.45) is 0 Å². The Balaban J connectivity index is 2.24. The van der Waals surface area contributed by atoms with Crippen LogP contribution in [0.2, 0.25) is 0 Å². The van der Waals surface area contributed by atoms with Crippen LogP contribution in [0.3, 0.4) is 0 Å². The second-order valence-corrected chi connectivity index (χ2v) is 7.41. The topological polar surface area (TPSA) is 55.8 Å². The second-order valence-electron chi connectivity index (χ2n) is 5.57. The third kappa shape index (κ3) is 4.83. The molecule has 5 nitrogen and oxygen atoms in total. The molecule has 0 aliphatic carbocycles. The molecule has 0 atom stereocenters. The molecule has 1 saturated heterocycles. The Morgan fingerprint density at radius 3 is 2.77 bits per heavy atom. The first-order valence-corrected chi connectivity index (χ1v) is 9.81. The first-order valence-electron chi connectivity index (χ1n) is 8.21. The van der Waals surface area contributed by atoms with Crippen molar-refractivity contribution in [1.82, 2.24) is 4.90 Å². The molecule has 0 N–H and O–H groups in total. The Hall–Kier alpha value is -1.91. The van der Waals surface area contributed by atoms with Crippen molar-refractivity contribution in [3.05, 3.63) is 27.1 Å². The average Bonchev–Trinajstić information content (AvgIpc) is 2.88. The van der Waals surface area contributed by atoms with E-state index in [1.807, 2.05) is 0 Å². The largest absolute Gasteiger partial charge is 0.493 e. The van der Waals surface area contributed by atoms with E-state index in [0.29, 0.717) is 27.4 Å². The summed E-state index contributed by atoms with van der Waals surface area (Å²) < 4.78 is 11.5. The van der Waals surface area contributed by atoms with E-state index in [1.54, 1.807) is 18.2 Å². The third-order valence-electron chi connectivity index (χ3n) is 3.71. The molecule has 0 bridgehead atoms. The number of unbranched alkanes of at least 4 members (excludes halogenated alkanes) is 2. The number of carbonyl (C=O) groups is 2. The number of thioether (sulfide) groups is 1. The predicted molar refractivity (Wildman–Crippen MR) is 107 cm³/mol. The summed E-state index contributed by atoms with van der Waals surface area (Å²) in [5.74, 6) is 3.14. The number of hydrogen-bond donors (Lipinski definition) is 0. The number of ether oxygens (including phenoxy) is 2. The Kier molecular flexibility index (Phi) is 7.61. The van der Waals surface area contributed by atoms with Gasteiger partial charge in [0.15, 0.2) is 11.5 Å². The van der Waals surface area contributed by atoms with Gasteiger partial charge in [-0.1, -0.05) is 25.7 Å². The van der Waals surface area contributed by atoms with Crippen LogP contribution in [0.4, 0.5) is 4.79 Å². The van der Waals surface area contributed by atoms with E-state index < -0.39 is 0 Å². The molecule has 0 saturated carbocycles. The highest BCUT2D eigenvalue weighted by molar-refractivity contribution is 9.10. The Morgan fingerprint density at radius 2 is 2.12 bits per heavy atom. The standard InChI is InChI=1S/C19H20BrNO4S/c1-4-6-7-8-21-18(22)16(26-19(21)23)12-13-10-14(20)17(25-9-5-2)15(11-13)24-3/h2,10-12H,4,6-9H2,1,3H3/b16-12-. The maximum Gasteiger partial charge on any atom is 0.293 e. The zero-order chi connectivity index (χ0) is 19.1. The van der Waals surface area contributed by atoms with Crippen LogP contribution < -0.4 is 9.47 Å². The van der Waals surface area contributed by atoms with E-state index >= 15 is 0 Å². The molecular weight excluding hydrogens is 418 g/mol. The summed E-state index contributed by atoms with van der Waals surface area (Å²) in [4.78, 5) is 26.3. The lowest BCUT2D eigenvalue weighted by atomic mass is 10.1. The van der Waals surface area contributed by atoms with E-state index in [1.165, 1.54) is 12.0 Å². The molecule has 0 unspecified atom stereocenters. The fourth-order valence-electron chi connectivity index (χ4n) is 2.44. The second kappa shape index (κ2) is 9.70. The Morgan fingerprint density at radius 1 is 1.35 bits per heavy atom. The summed E-state index contributed by atoms with van der Waals surface area (Å²) in [5, 5.41) is -0.225. The van der Waals surface area contributed by atoms with Crippen LogP contribution in [0, 0.1) is 12.3 Å². The van der Waals surface area contributed by atoms with Gasteiger partial charge in [-0.05, 0) is 57.9 Å². The number of carbonyl (C=O) groups excluding carboxylic acids is 2. The zero-order valence-electron chi connectivity index (χ0n) is 14.7. The molecular formula is C19H20BrNO4S. The van der Waals surface area contributed by atoms with Crippen molar-refractivity contribution in [2.45, 2.75) is 26.2 Å². The summed E-state index contributed by atoms with van der Waals surface area (Å²) in [7, 11) is 1.52. The number of rotatable bonds is 8. The Labute approximate surface area is 166 Å². The lowest BCUT2D eigenvalue weighted by Gasteiger charge is -2.12. The highest BCUT2D eigenvalue weighted by Crippen LogP contribution is 2.39. The van der Waals surface area contributed by atoms with Crippen molar-refractivity contribution < 1.29 is 19.1 Å². The highest BCUT2D eigenvalue weighted by Gasteiger charge is 2.34. The van der Waals surface area contributed by atoms with Gasteiger partial charge in [0.25, 0.3) is 11.1 Å². The first kappa shape index (κ1) is 20.4. The summed E-state index contributed by atoms with van der Waals surface area (Å²) in [6.07, 6.45) is 9.76. The van der Waals surface area contributed by atoms with Gasteiger partial charge in [-0.3, -0.25) is 14.5 Å². The molecule has 1 aliphatic heterocycles. The van der Waals surface area contributed by atoms with E-state index in [2.05, 4.69) is 28.8 Å². The summed E-state index contributed by atoms with van der Waals surface area (Å²) in [5.41, 5.74) is 0.723. The molecule has 138 valence electrons. The van der Waals surface area contributed by atoms with Gasteiger partial charge in [-0.25, -0.2) is 0 Å². The quantitative estimate of drug-likeness (QED) is 0.335. The van der Waals surface area contributed by atoms with Crippen LogP contribution in [0.5, 0.6) is 11.5 Å². The number of imide groups is 1. The van der Waals surface area contributed by atoms with Crippen LogP contribution in [0.25, 0.3) is 6.08 Å². The van der Waals surface area contributed by atoms with Crippen molar-refractivity contribution >= 4 is 44.9 Å². The highest BCUT2D eigenvalue weighted by atomic mass is 79.9. The molecule has 0 aromatic heterocycles. The van der Waals surface area contributed by atoms with Crippen molar-refractivity contribution in [3.8, 4) is 23.8 Å². The van der Waals surface area contributed by atoms with Gasteiger partial charge in [0, 0.05) is 6.54 Å². The van der Waals surface area contributed by atoms with Crippen molar-refractivity contribution in [3.63, 3.8) is 0 Å². The maximum absolute atomic E-state index is 12.5. The molecule has 0 radical (unpaired) electrons. The van der Waals surface area contributed by atoms with Gasteiger partial charge in [-0.2, -0.15) is 0 Å². The third-order valence-corrected chi connectivity index (χ3v) is 5.20. The van der Waals surface area contributed by atoms with Crippen LogP contribution >= 0.6 is 27.7 Å².